The molecule has 0 heterocycles. The van der Waals surface area contributed by atoms with Gasteiger partial charge in [0.2, 0.25) is 5.91 Å². The number of hydrogen-bond acceptors (Lipinski definition) is 2. The van der Waals surface area contributed by atoms with Crippen molar-refractivity contribution < 1.29 is 9.53 Å². The van der Waals surface area contributed by atoms with Crippen molar-refractivity contribution >= 4 is 5.91 Å². The van der Waals surface area contributed by atoms with Crippen molar-refractivity contribution in [1.29, 1.82) is 0 Å². The molecular formula is C15H25NO2. The molecule has 0 aromatic rings. The molecule has 4 aliphatic carbocycles. The maximum absolute atomic E-state index is 11.9. The van der Waals surface area contributed by atoms with E-state index in [-0.39, 0.29) is 5.91 Å². The van der Waals surface area contributed by atoms with Gasteiger partial charge in [0.25, 0.3) is 0 Å². The Morgan fingerprint density at radius 1 is 1.11 bits per heavy atom. The van der Waals surface area contributed by atoms with E-state index in [1.165, 1.54) is 32.1 Å². The number of carbonyl (C=O) groups excluding carboxylic acids is 1. The minimum atomic E-state index is 0.240. The lowest BCUT2D eigenvalue weighted by molar-refractivity contribution is -0.125. The van der Waals surface area contributed by atoms with Gasteiger partial charge in [0.05, 0.1) is 0 Å². The highest BCUT2D eigenvalue weighted by molar-refractivity contribution is 5.76. The Bertz CT molecular complexity index is 288. The lowest BCUT2D eigenvalue weighted by Crippen LogP contribution is -2.55. The van der Waals surface area contributed by atoms with Crippen LogP contribution in [-0.4, -0.2) is 25.7 Å². The highest BCUT2D eigenvalue weighted by Crippen LogP contribution is 2.53. The maximum atomic E-state index is 11.9. The fraction of sp³-hybridized carbons (Fsp3) is 0.933. The molecule has 1 N–H and O–H groups in total. The summed E-state index contributed by atoms with van der Waals surface area (Å²) in [6.45, 7) is 0.690. The number of rotatable bonds is 5. The Kier molecular flexibility index (Phi) is 3.60. The molecule has 3 nitrogen and oxygen atoms in total. The molecule has 0 aromatic heterocycles. The summed E-state index contributed by atoms with van der Waals surface area (Å²) in [7, 11) is 1.69. The second-order valence-electron chi connectivity index (χ2n) is 6.62. The van der Waals surface area contributed by atoms with Crippen LogP contribution in [0.1, 0.15) is 44.9 Å². The van der Waals surface area contributed by atoms with Gasteiger partial charge in [-0.25, -0.2) is 0 Å². The van der Waals surface area contributed by atoms with Crippen LogP contribution in [0.15, 0.2) is 0 Å². The molecule has 4 aliphatic rings. The number of methoxy groups -OCH3 is 1. The Morgan fingerprint density at radius 3 is 2.28 bits per heavy atom. The van der Waals surface area contributed by atoms with Crippen LogP contribution in [0.3, 0.4) is 0 Å². The first kappa shape index (κ1) is 12.5. The molecule has 0 radical (unpaired) electrons. The fourth-order valence-corrected chi connectivity index (χ4v) is 4.80. The van der Waals surface area contributed by atoms with E-state index in [1.807, 2.05) is 0 Å². The van der Waals surface area contributed by atoms with Crippen LogP contribution in [0.5, 0.6) is 0 Å². The Labute approximate surface area is 110 Å². The van der Waals surface area contributed by atoms with E-state index in [9.17, 15) is 4.79 Å². The number of nitrogens with one attached hydrogen (secondary N) is 1. The second-order valence-corrected chi connectivity index (χ2v) is 6.62. The molecule has 0 aliphatic heterocycles. The van der Waals surface area contributed by atoms with Gasteiger partial charge in [0.1, 0.15) is 0 Å². The van der Waals surface area contributed by atoms with Crippen molar-refractivity contribution in [3.05, 3.63) is 0 Å². The third-order valence-electron chi connectivity index (χ3n) is 5.31. The summed E-state index contributed by atoms with van der Waals surface area (Å²) in [4.78, 5) is 11.9. The summed E-state index contributed by atoms with van der Waals surface area (Å²) < 4.78 is 5.00. The summed E-state index contributed by atoms with van der Waals surface area (Å²) in [5.74, 6) is 3.77. The summed E-state index contributed by atoms with van der Waals surface area (Å²) in [6.07, 6.45) is 8.42. The van der Waals surface area contributed by atoms with Gasteiger partial charge in [-0.15, -0.1) is 0 Å². The van der Waals surface area contributed by atoms with Crippen molar-refractivity contribution in [2.75, 3.05) is 13.7 Å². The topological polar surface area (TPSA) is 38.3 Å². The first-order valence-electron chi connectivity index (χ1n) is 7.54. The second kappa shape index (κ2) is 5.20. The first-order chi connectivity index (χ1) is 8.76. The minimum Gasteiger partial charge on any atom is -0.385 e. The van der Waals surface area contributed by atoms with Gasteiger partial charge >= 0.3 is 0 Å². The van der Waals surface area contributed by atoms with Gasteiger partial charge in [0, 0.05) is 26.2 Å². The third kappa shape index (κ3) is 2.42. The van der Waals surface area contributed by atoms with Gasteiger partial charge < -0.3 is 10.1 Å². The third-order valence-corrected chi connectivity index (χ3v) is 5.31. The quantitative estimate of drug-likeness (QED) is 0.762. The van der Waals surface area contributed by atoms with Crippen molar-refractivity contribution in [2.45, 2.75) is 51.0 Å². The maximum Gasteiger partial charge on any atom is 0.220 e. The Balaban J connectivity index is 1.52. The fourth-order valence-electron chi connectivity index (χ4n) is 4.80. The zero-order valence-corrected chi connectivity index (χ0v) is 11.4. The average Bonchev–Trinajstić information content (AvgIpc) is 2.33. The number of amides is 1. The normalized spacial score (nSPS) is 41.1. The first-order valence-corrected chi connectivity index (χ1v) is 7.54. The van der Waals surface area contributed by atoms with Crippen LogP contribution < -0.4 is 5.32 Å². The van der Waals surface area contributed by atoms with Gasteiger partial charge in [-0.2, -0.15) is 0 Å². The highest BCUT2D eigenvalue weighted by Gasteiger charge is 2.48. The van der Waals surface area contributed by atoms with E-state index < -0.39 is 0 Å². The zero-order chi connectivity index (χ0) is 12.5. The van der Waals surface area contributed by atoms with Crippen molar-refractivity contribution in [3.63, 3.8) is 0 Å². The van der Waals surface area contributed by atoms with Crippen LogP contribution in [0, 0.1) is 23.7 Å². The van der Waals surface area contributed by atoms with Crippen LogP contribution in [0.25, 0.3) is 0 Å². The molecule has 4 rings (SSSR count). The molecule has 0 unspecified atom stereocenters. The summed E-state index contributed by atoms with van der Waals surface area (Å²) in [5, 5.41) is 3.33. The molecule has 18 heavy (non-hydrogen) atoms. The van der Waals surface area contributed by atoms with Crippen molar-refractivity contribution in [1.82, 2.24) is 5.32 Å². The molecule has 4 fully saturated rings. The van der Waals surface area contributed by atoms with Gasteiger partial charge in [-0.3, -0.25) is 4.79 Å². The summed E-state index contributed by atoms with van der Waals surface area (Å²) in [6, 6.07) is 0.493. The molecule has 102 valence electrons. The van der Waals surface area contributed by atoms with Crippen LogP contribution in [0.2, 0.25) is 0 Å². The monoisotopic (exact) mass is 251 g/mol. The molecule has 4 bridgehead atoms. The minimum absolute atomic E-state index is 0.240. The van der Waals surface area contributed by atoms with Gasteiger partial charge in [-0.05, 0) is 62.2 Å². The number of carbonyl (C=O) groups is 1. The van der Waals surface area contributed by atoms with Crippen LogP contribution in [-0.2, 0) is 9.53 Å². The van der Waals surface area contributed by atoms with E-state index in [2.05, 4.69) is 5.32 Å². The standard InChI is InChI=1S/C15H25NO2/c1-18-4-2-3-14(17)16-15-12-6-10-5-11(8-12)9-13(15)7-10/h10-13,15H,2-9H2,1H3,(H,16,17). The predicted molar refractivity (Wildman–Crippen MR) is 70.1 cm³/mol. The van der Waals surface area contributed by atoms with Crippen LogP contribution in [0.4, 0.5) is 0 Å². The molecule has 3 heteroatoms. The lowest BCUT2D eigenvalue weighted by Gasteiger charge is -2.54. The number of ether oxygens (including phenoxy) is 1. The van der Waals surface area contributed by atoms with Gasteiger partial charge in [-0.1, -0.05) is 0 Å². The van der Waals surface area contributed by atoms with E-state index >= 15 is 0 Å². The summed E-state index contributed by atoms with van der Waals surface area (Å²) in [5.41, 5.74) is 0. The van der Waals surface area contributed by atoms with Crippen LogP contribution >= 0.6 is 0 Å². The van der Waals surface area contributed by atoms with E-state index in [0.717, 1.165) is 30.1 Å². The van der Waals surface area contributed by atoms with E-state index in [0.29, 0.717) is 19.1 Å². The highest BCUT2D eigenvalue weighted by atomic mass is 16.5. The largest absolute Gasteiger partial charge is 0.385 e. The average molecular weight is 251 g/mol. The molecule has 0 aromatic carbocycles. The SMILES string of the molecule is COCCCC(=O)NC1C2CC3CC(C2)CC1C3. The smallest absolute Gasteiger partial charge is 0.220 e. The van der Waals surface area contributed by atoms with E-state index in [1.54, 1.807) is 7.11 Å². The number of hydrogen-bond donors (Lipinski definition) is 1. The van der Waals surface area contributed by atoms with Gasteiger partial charge in [0.15, 0.2) is 0 Å². The molecule has 0 atom stereocenters. The molecule has 0 spiro atoms. The van der Waals surface area contributed by atoms with E-state index in [4.69, 9.17) is 4.74 Å². The molecule has 1 amide bonds. The zero-order valence-electron chi connectivity index (χ0n) is 11.4. The molecular weight excluding hydrogens is 226 g/mol. The Hall–Kier alpha value is -0.570. The molecule has 4 saturated carbocycles. The predicted octanol–water partition coefficient (Wildman–Crippen LogP) is 2.35. The van der Waals surface area contributed by atoms with Crippen molar-refractivity contribution in [3.8, 4) is 0 Å². The van der Waals surface area contributed by atoms with Crippen molar-refractivity contribution in [2.24, 2.45) is 23.7 Å². The summed E-state index contributed by atoms with van der Waals surface area (Å²) >= 11 is 0. The molecule has 0 saturated heterocycles. The Morgan fingerprint density at radius 2 is 1.72 bits per heavy atom. The lowest BCUT2D eigenvalue weighted by atomic mass is 9.54.